The van der Waals surface area contributed by atoms with E-state index in [4.69, 9.17) is 26.2 Å². The second-order valence-corrected chi connectivity index (χ2v) is 5.40. The van der Waals surface area contributed by atoms with Gasteiger partial charge in [0.05, 0.1) is 12.1 Å². The third-order valence-electron chi connectivity index (χ3n) is 3.16. The van der Waals surface area contributed by atoms with Gasteiger partial charge in [-0.25, -0.2) is 4.79 Å². The van der Waals surface area contributed by atoms with Crippen LogP contribution < -0.4 is 14.8 Å². The molecule has 0 saturated heterocycles. The number of anilines is 1. The molecule has 0 aliphatic rings. The summed E-state index contributed by atoms with van der Waals surface area (Å²) in [5.41, 5.74) is 1.32. The number of hydrogen-bond donors (Lipinski definition) is 2. The Hall–Kier alpha value is -2.73. The second kappa shape index (κ2) is 7.70. The smallest absolute Gasteiger partial charge is 0.339 e. The van der Waals surface area contributed by atoms with Gasteiger partial charge in [-0.2, -0.15) is 0 Å². The molecule has 6 nitrogen and oxygen atoms in total. The van der Waals surface area contributed by atoms with Gasteiger partial charge in [-0.3, -0.25) is 4.79 Å². The lowest BCUT2D eigenvalue weighted by Crippen LogP contribution is -2.21. The van der Waals surface area contributed by atoms with Crippen molar-refractivity contribution in [2.75, 3.05) is 19.0 Å². The molecule has 0 aliphatic carbocycles. The molecule has 0 radical (unpaired) electrons. The van der Waals surface area contributed by atoms with E-state index in [0.29, 0.717) is 16.5 Å². The van der Waals surface area contributed by atoms with E-state index in [1.807, 2.05) is 0 Å². The van der Waals surface area contributed by atoms with Crippen LogP contribution in [0.2, 0.25) is 5.02 Å². The van der Waals surface area contributed by atoms with Crippen LogP contribution in [-0.2, 0) is 4.79 Å². The number of carboxylic acid groups (broad SMARTS) is 1. The van der Waals surface area contributed by atoms with E-state index in [9.17, 15) is 9.59 Å². The molecule has 2 N–H and O–H groups in total. The lowest BCUT2D eigenvalue weighted by Gasteiger charge is -2.11. The van der Waals surface area contributed by atoms with Crippen molar-refractivity contribution in [3.05, 3.63) is 52.5 Å². The average Bonchev–Trinajstić information content (AvgIpc) is 2.53. The molecule has 0 unspecified atom stereocenters. The highest BCUT2D eigenvalue weighted by atomic mass is 35.5. The Bertz CT molecular complexity index is 776. The highest BCUT2D eigenvalue weighted by molar-refractivity contribution is 6.32. The van der Waals surface area contributed by atoms with Crippen LogP contribution in [-0.4, -0.2) is 30.7 Å². The first-order valence-corrected chi connectivity index (χ1v) is 7.38. The van der Waals surface area contributed by atoms with Crippen LogP contribution in [0.5, 0.6) is 11.5 Å². The average molecular weight is 350 g/mol. The predicted molar refractivity (Wildman–Crippen MR) is 90.3 cm³/mol. The molecule has 7 heteroatoms. The molecule has 0 aliphatic heterocycles. The number of hydrogen-bond acceptors (Lipinski definition) is 4. The van der Waals surface area contributed by atoms with Gasteiger partial charge in [0.25, 0.3) is 5.91 Å². The Kier molecular flexibility index (Phi) is 5.65. The third-order valence-corrected chi connectivity index (χ3v) is 3.46. The third kappa shape index (κ3) is 4.39. The molecule has 24 heavy (non-hydrogen) atoms. The number of benzene rings is 2. The largest absolute Gasteiger partial charge is 0.495 e. The summed E-state index contributed by atoms with van der Waals surface area (Å²) in [7, 11) is 1.50. The van der Waals surface area contributed by atoms with Crippen molar-refractivity contribution < 1.29 is 24.2 Å². The number of amides is 1. The van der Waals surface area contributed by atoms with Crippen molar-refractivity contribution in [3.63, 3.8) is 0 Å². The Morgan fingerprint density at radius 3 is 2.54 bits per heavy atom. The summed E-state index contributed by atoms with van der Waals surface area (Å²) in [5, 5.41) is 12.1. The lowest BCUT2D eigenvalue weighted by atomic mass is 10.1. The Balaban J connectivity index is 2.02. The minimum Gasteiger partial charge on any atom is -0.495 e. The fraction of sp³-hybridized carbons (Fsp3) is 0.176. The first-order chi connectivity index (χ1) is 11.4. The van der Waals surface area contributed by atoms with Crippen molar-refractivity contribution in [1.82, 2.24) is 0 Å². The standard InChI is InChI=1S/C17H16ClNO5/c1-10-3-5-12(17(21)22)15(7-10)24-9-16(20)19-11-4-6-14(23-2)13(18)8-11/h3-8H,9H2,1-2H3,(H,19,20)(H,21,22). The van der Waals surface area contributed by atoms with Gasteiger partial charge in [-0.1, -0.05) is 17.7 Å². The van der Waals surface area contributed by atoms with Crippen LogP contribution in [0.3, 0.4) is 0 Å². The SMILES string of the molecule is COc1ccc(NC(=O)COc2cc(C)ccc2C(=O)O)cc1Cl. The number of ether oxygens (including phenoxy) is 2. The van der Waals surface area contributed by atoms with Crippen molar-refractivity contribution in [2.45, 2.75) is 6.92 Å². The summed E-state index contributed by atoms with van der Waals surface area (Å²) >= 11 is 5.99. The molecular formula is C17H16ClNO5. The fourth-order valence-electron chi connectivity index (χ4n) is 2.01. The zero-order valence-electron chi connectivity index (χ0n) is 13.1. The Labute approximate surface area is 144 Å². The van der Waals surface area contributed by atoms with Gasteiger partial charge in [0.2, 0.25) is 0 Å². The van der Waals surface area contributed by atoms with Gasteiger partial charge in [-0.05, 0) is 42.8 Å². The minimum atomic E-state index is -1.12. The van der Waals surface area contributed by atoms with E-state index < -0.39 is 11.9 Å². The molecule has 0 saturated carbocycles. The van der Waals surface area contributed by atoms with Gasteiger partial charge in [0.15, 0.2) is 6.61 Å². The molecule has 2 rings (SSSR count). The number of carbonyl (C=O) groups excluding carboxylic acids is 1. The zero-order chi connectivity index (χ0) is 17.7. The van der Waals surface area contributed by atoms with Gasteiger partial charge in [-0.15, -0.1) is 0 Å². The number of nitrogens with one attached hydrogen (secondary N) is 1. The number of halogens is 1. The molecule has 126 valence electrons. The molecule has 2 aromatic carbocycles. The quantitative estimate of drug-likeness (QED) is 0.835. The summed E-state index contributed by atoms with van der Waals surface area (Å²) < 4.78 is 10.4. The fourth-order valence-corrected chi connectivity index (χ4v) is 2.27. The first kappa shape index (κ1) is 17.6. The van der Waals surface area contributed by atoms with Crippen LogP contribution in [0.4, 0.5) is 5.69 Å². The maximum atomic E-state index is 12.0. The molecule has 0 atom stereocenters. The van der Waals surface area contributed by atoms with E-state index in [-0.39, 0.29) is 17.9 Å². The van der Waals surface area contributed by atoms with Crippen molar-refractivity contribution in [3.8, 4) is 11.5 Å². The van der Waals surface area contributed by atoms with Gasteiger partial charge < -0.3 is 19.9 Å². The maximum Gasteiger partial charge on any atom is 0.339 e. The summed E-state index contributed by atoms with van der Waals surface area (Å²) in [4.78, 5) is 23.1. The maximum absolute atomic E-state index is 12.0. The topological polar surface area (TPSA) is 84.9 Å². The van der Waals surface area contributed by atoms with Crippen molar-refractivity contribution in [2.24, 2.45) is 0 Å². The van der Waals surface area contributed by atoms with E-state index in [1.165, 1.54) is 13.2 Å². The van der Waals surface area contributed by atoms with Crippen LogP contribution in [0.15, 0.2) is 36.4 Å². The first-order valence-electron chi connectivity index (χ1n) is 7.01. The van der Waals surface area contributed by atoms with E-state index in [1.54, 1.807) is 37.3 Å². The number of carbonyl (C=O) groups is 2. The molecule has 0 aromatic heterocycles. The number of rotatable bonds is 6. The molecule has 0 bridgehead atoms. The van der Waals surface area contributed by atoms with E-state index >= 15 is 0 Å². The Morgan fingerprint density at radius 1 is 1.17 bits per heavy atom. The van der Waals surface area contributed by atoms with Crippen molar-refractivity contribution >= 4 is 29.2 Å². The molecule has 0 fully saturated rings. The summed E-state index contributed by atoms with van der Waals surface area (Å²) in [6, 6.07) is 9.48. The van der Waals surface area contributed by atoms with Crippen molar-refractivity contribution in [1.29, 1.82) is 0 Å². The summed E-state index contributed by atoms with van der Waals surface area (Å²) in [6.07, 6.45) is 0. The molecule has 2 aromatic rings. The Morgan fingerprint density at radius 2 is 1.92 bits per heavy atom. The van der Waals surface area contributed by atoms with Gasteiger partial charge in [0, 0.05) is 5.69 Å². The highest BCUT2D eigenvalue weighted by Gasteiger charge is 2.13. The van der Waals surface area contributed by atoms with Crippen LogP contribution in [0.25, 0.3) is 0 Å². The van der Waals surface area contributed by atoms with Gasteiger partial charge in [0.1, 0.15) is 17.1 Å². The van der Waals surface area contributed by atoms with E-state index in [2.05, 4.69) is 5.32 Å². The normalized spacial score (nSPS) is 10.1. The minimum absolute atomic E-state index is 0.000826. The molecule has 0 spiro atoms. The molecule has 0 heterocycles. The number of aromatic carboxylic acids is 1. The van der Waals surface area contributed by atoms with Crippen LogP contribution in [0, 0.1) is 6.92 Å². The number of carboxylic acids is 1. The highest BCUT2D eigenvalue weighted by Crippen LogP contribution is 2.27. The predicted octanol–water partition coefficient (Wildman–Crippen LogP) is 3.37. The second-order valence-electron chi connectivity index (χ2n) is 4.99. The number of methoxy groups -OCH3 is 1. The number of aryl methyl sites for hydroxylation is 1. The van der Waals surface area contributed by atoms with Crippen LogP contribution in [0.1, 0.15) is 15.9 Å². The van der Waals surface area contributed by atoms with Crippen LogP contribution >= 0.6 is 11.6 Å². The van der Waals surface area contributed by atoms with E-state index in [0.717, 1.165) is 5.56 Å². The summed E-state index contributed by atoms with van der Waals surface area (Å²) in [5.74, 6) is -0.913. The zero-order valence-corrected chi connectivity index (χ0v) is 13.9. The lowest BCUT2D eigenvalue weighted by molar-refractivity contribution is -0.118. The van der Waals surface area contributed by atoms with Gasteiger partial charge >= 0.3 is 5.97 Å². The molecule has 1 amide bonds. The summed E-state index contributed by atoms with van der Waals surface area (Å²) in [6.45, 7) is 1.48. The molecular weight excluding hydrogens is 334 g/mol. The monoisotopic (exact) mass is 349 g/mol.